The van der Waals surface area contributed by atoms with Gasteiger partial charge in [0.2, 0.25) is 0 Å². The summed E-state index contributed by atoms with van der Waals surface area (Å²) in [5, 5.41) is 0.631. The molecule has 2 N–H and O–H groups in total. The Morgan fingerprint density at radius 2 is 2.14 bits per heavy atom. The van der Waals surface area contributed by atoms with Crippen molar-refractivity contribution < 1.29 is 0 Å². The summed E-state index contributed by atoms with van der Waals surface area (Å²) >= 11 is 5.89. The van der Waals surface area contributed by atoms with E-state index in [1.165, 1.54) is 0 Å². The van der Waals surface area contributed by atoms with Crippen LogP contribution in [0.15, 0.2) is 30.7 Å². The molecule has 14 heavy (non-hydrogen) atoms. The van der Waals surface area contributed by atoms with Gasteiger partial charge in [-0.1, -0.05) is 11.6 Å². The number of nitrogens with zero attached hydrogens (tertiary/aromatic N) is 2. The summed E-state index contributed by atoms with van der Waals surface area (Å²) in [6.45, 7) is 1.93. The first kappa shape index (κ1) is 9.09. The van der Waals surface area contributed by atoms with E-state index in [0.29, 0.717) is 10.7 Å². The van der Waals surface area contributed by atoms with Crippen LogP contribution in [0.3, 0.4) is 0 Å². The fraction of sp³-hybridized carbons (Fsp3) is 0.100. The van der Waals surface area contributed by atoms with Crippen LogP contribution < -0.4 is 5.73 Å². The van der Waals surface area contributed by atoms with Gasteiger partial charge in [-0.25, -0.2) is 4.98 Å². The lowest BCUT2D eigenvalue weighted by Gasteiger charge is -2.03. The molecule has 72 valence electrons. The predicted molar refractivity (Wildman–Crippen MR) is 57.7 cm³/mol. The maximum absolute atomic E-state index is 5.89. The molecule has 0 amide bonds. The lowest BCUT2D eigenvalue weighted by atomic mass is 10.3. The van der Waals surface area contributed by atoms with Crippen LogP contribution >= 0.6 is 11.6 Å². The summed E-state index contributed by atoms with van der Waals surface area (Å²) in [5.41, 5.74) is 8.23. The number of hydrogen-bond acceptors (Lipinski definition) is 2. The van der Waals surface area contributed by atoms with Crippen molar-refractivity contribution in [1.82, 2.24) is 9.55 Å². The SMILES string of the molecule is Cc1cn(-c2cc(N)cc(Cl)c2)cn1. The van der Waals surface area contributed by atoms with Crippen molar-refractivity contribution in [2.24, 2.45) is 0 Å². The van der Waals surface area contributed by atoms with E-state index >= 15 is 0 Å². The molecule has 0 unspecified atom stereocenters. The van der Waals surface area contributed by atoms with Crippen molar-refractivity contribution in [2.45, 2.75) is 6.92 Å². The third-order valence-corrected chi connectivity index (χ3v) is 2.13. The largest absolute Gasteiger partial charge is 0.399 e. The minimum atomic E-state index is 0.631. The number of nitrogen functional groups attached to an aromatic ring is 1. The van der Waals surface area contributed by atoms with E-state index < -0.39 is 0 Å². The molecule has 2 rings (SSSR count). The first-order chi connectivity index (χ1) is 6.65. The first-order valence-electron chi connectivity index (χ1n) is 4.22. The minimum absolute atomic E-state index is 0.631. The molecule has 1 aromatic heterocycles. The van der Waals surface area contributed by atoms with Crippen molar-refractivity contribution in [1.29, 1.82) is 0 Å². The molecule has 0 atom stereocenters. The Morgan fingerprint density at radius 1 is 1.36 bits per heavy atom. The van der Waals surface area contributed by atoms with Gasteiger partial charge in [0.05, 0.1) is 12.0 Å². The Hall–Kier alpha value is -1.48. The molecule has 1 aromatic carbocycles. The van der Waals surface area contributed by atoms with Gasteiger partial charge in [-0.15, -0.1) is 0 Å². The van der Waals surface area contributed by atoms with Crippen molar-refractivity contribution >= 4 is 17.3 Å². The highest BCUT2D eigenvalue weighted by atomic mass is 35.5. The van der Waals surface area contributed by atoms with Crippen LogP contribution in [0.1, 0.15) is 5.69 Å². The zero-order chi connectivity index (χ0) is 10.1. The number of imidazole rings is 1. The molecule has 2 aromatic rings. The Bertz CT molecular complexity index is 442. The van der Waals surface area contributed by atoms with Crippen LogP contribution in [0.5, 0.6) is 0 Å². The second kappa shape index (κ2) is 3.35. The van der Waals surface area contributed by atoms with E-state index in [2.05, 4.69) is 4.98 Å². The second-order valence-electron chi connectivity index (χ2n) is 3.17. The normalized spacial score (nSPS) is 10.4. The number of benzene rings is 1. The van der Waals surface area contributed by atoms with E-state index in [1.54, 1.807) is 12.4 Å². The molecular formula is C10H10ClN3. The van der Waals surface area contributed by atoms with Gasteiger partial charge in [0.25, 0.3) is 0 Å². The number of anilines is 1. The third-order valence-electron chi connectivity index (χ3n) is 1.91. The second-order valence-corrected chi connectivity index (χ2v) is 3.60. The van der Waals surface area contributed by atoms with Crippen LogP contribution in [0.4, 0.5) is 5.69 Å². The van der Waals surface area contributed by atoms with E-state index in [0.717, 1.165) is 11.4 Å². The van der Waals surface area contributed by atoms with Crippen molar-refractivity contribution in [2.75, 3.05) is 5.73 Å². The van der Waals surface area contributed by atoms with Gasteiger partial charge in [0.1, 0.15) is 0 Å². The molecule has 0 saturated heterocycles. The van der Waals surface area contributed by atoms with Gasteiger partial charge in [-0.2, -0.15) is 0 Å². The molecule has 0 aliphatic carbocycles. The highest BCUT2D eigenvalue weighted by molar-refractivity contribution is 6.31. The Balaban J connectivity index is 2.51. The number of nitrogens with two attached hydrogens (primary N) is 1. The van der Waals surface area contributed by atoms with Crippen molar-refractivity contribution in [3.8, 4) is 5.69 Å². The molecule has 0 aliphatic heterocycles. The molecule has 0 bridgehead atoms. The maximum Gasteiger partial charge on any atom is 0.0995 e. The van der Waals surface area contributed by atoms with Crippen LogP contribution in [0, 0.1) is 6.92 Å². The first-order valence-corrected chi connectivity index (χ1v) is 4.60. The van der Waals surface area contributed by atoms with E-state index in [4.69, 9.17) is 17.3 Å². The number of aromatic nitrogens is 2. The summed E-state index contributed by atoms with van der Waals surface area (Å²) < 4.78 is 1.89. The fourth-order valence-electron chi connectivity index (χ4n) is 1.31. The lowest BCUT2D eigenvalue weighted by Crippen LogP contribution is -1.92. The summed E-state index contributed by atoms with van der Waals surface area (Å²) in [6.07, 6.45) is 3.66. The Labute approximate surface area is 87.1 Å². The van der Waals surface area contributed by atoms with Crippen LogP contribution in [0.25, 0.3) is 5.69 Å². The van der Waals surface area contributed by atoms with Gasteiger partial charge in [0.15, 0.2) is 0 Å². The molecule has 0 fully saturated rings. The number of rotatable bonds is 1. The standard InChI is InChI=1S/C10H10ClN3/c1-7-5-14(6-13-7)10-3-8(11)2-9(12)4-10/h2-6H,12H2,1H3. The molecule has 0 spiro atoms. The quantitative estimate of drug-likeness (QED) is 0.730. The minimum Gasteiger partial charge on any atom is -0.399 e. The summed E-state index contributed by atoms with van der Waals surface area (Å²) in [4.78, 5) is 4.13. The lowest BCUT2D eigenvalue weighted by molar-refractivity contribution is 1.06. The van der Waals surface area contributed by atoms with Crippen molar-refractivity contribution in [3.05, 3.63) is 41.4 Å². The topological polar surface area (TPSA) is 43.8 Å². The van der Waals surface area contributed by atoms with Crippen LogP contribution in [-0.2, 0) is 0 Å². The molecule has 0 aliphatic rings. The zero-order valence-corrected chi connectivity index (χ0v) is 8.49. The number of halogens is 1. The fourth-order valence-corrected chi connectivity index (χ4v) is 1.55. The van der Waals surface area contributed by atoms with Gasteiger partial charge < -0.3 is 10.3 Å². The summed E-state index contributed by atoms with van der Waals surface area (Å²) in [7, 11) is 0. The third kappa shape index (κ3) is 1.72. The average Bonchev–Trinajstić information content (AvgIpc) is 2.50. The van der Waals surface area contributed by atoms with Gasteiger partial charge in [0, 0.05) is 22.6 Å². The van der Waals surface area contributed by atoms with E-state index in [1.807, 2.05) is 29.8 Å². The average molecular weight is 208 g/mol. The molecule has 3 nitrogen and oxygen atoms in total. The highest BCUT2D eigenvalue weighted by Gasteiger charge is 2.00. The summed E-state index contributed by atoms with van der Waals surface area (Å²) in [5.74, 6) is 0. The number of aryl methyl sites for hydroxylation is 1. The smallest absolute Gasteiger partial charge is 0.0995 e. The Morgan fingerprint density at radius 3 is 2.71 bits per heavy atom. The number of hydrogen-bond donors (Lipinski definition) is 1. The Kier molecular flexibility index (Phi) is 2.17. The molecular weight excluding hydrogens is 198 g/mol. The highest BCUT2D eigenvalue weighted by Crippen LogP contribution is 2.19. The molecule has 0 radical (unpaired) electrons. The van der Waals surface area contributed by atoms with Crippen LogP contribution in [-0.4, -0.2) is 9.55 Å². The predicted octanol–water partition coefficient (Wildman–Crippen LogP) is 2.42. The zero-order valence-electron chi connectivity index (χ0n) is 7.74. The van der Waals surface area contributed by atoms with Gasteiger partial charge >= 0.3 is 0 Å². The molecule has 1 heterocycles. The molecule has 4 heteroatoms. The van der Waals surface area contributed by atoms with Gasteiger partial charge in [-0.3, -0.25) is 0 Å². The molecule has 0 saturated carbocycles. The van der Waals surface area contributed by atoms with E-state index in [9.17, 15) is 0 Å². The van der Waals surface area contributed by atoms with E-state index in [-0.39, 0.29) is 0 Å². The maximum atomic E-state index is 5.89. The van der Waals surface area contributed by atoms with Gasteiger partial charge in [-0.05, 0) is 25.1 Å². The van der Waals surface area contributed by atoms with Crippen molar-refractivity contribution in [3.63, 3.8) is 0 Å². The van der Waals surface area contributed by atoms with Crippen LogP contribution in [0.2, 0.25) is 5.02 Å². The summed E-state index contributed by atoms with van der Waals surface area (Å²) in [6, 6.07) is 5.42. The monoisotopic (exact) mass is 207 g/mol.